The highest BCUT2D eigenvalue weighted by Crippen LogP contribution is 2.11. The van der Waals surface area contributed by atoms with Gasteiger partial charge in [0.2, 0.25) is 17.7 Å². The smallest absolute Gasteiger partial charge is 0.326 e. The van der Waals surface area contributed by atoms with Crippen molar-refractivity contribution in [3.8, 4) is 5.75 Å². The first kappa shape index (κ1) is 29.2. The molecule has 0 aromatic heterocycles. The summed E-state index contributed by atoms with van der Waals surface area (Å²) in [6.45, 7) is 4.99. The number of phenolic OH excluding ortho intramolecular Hbond substituents is 1. The number of carbonyl (C=O) groups is 4. The van der Waals surface area contributed by atoms with Crippen LogP contribution in [0.2, 0.25) is 0 Å². The second-order valence-corrected chi connectivity index (χ2v) is 9.25. The van der Waals surface area contributed by atoms with E-state index in [1.54, 1.807) is 19.1 Å². The molecule has 0 saturated heterocycles. The van der Waals surface area contributed by atoms with Gasteiger partial charge in [-0.05, 0) is 55.4 Å². The highest BCUT2D eigenvalue weighted by molar-refractivity contribution is 7.98. The number of nitrogens with two attached hydrogens (primary N) is 1. The van der Waals surface area contributed by atoms with E-state index in [1.807, 2.05) is 13.2 Å². The number of hydrogen-bond donors (Lipinski definition) is 6. The number of carbonyl (C=O) groups excluding carboxylic acids is 3. The molecule has 0 spiro atoms. The summed E-state index contributed by atoms with van der Waals surface area (Å²) in [4.78, 5) is 49.4. The van der Waals surface area contributed by atoms with Crippen molar-refractivity contribution in [2.24, 2.45) is 11.7 Å². The van der Waals surface area contributed by atoms with E-state index in [-0.39, 0.29) is 18.1 Å². The second-order valence-electron chi connectivity index (χ2n) is 8.26. The molecule has 0 bridgehead atoms. The summed E-state index contributed by atoms with van der Waals surface area (Å²) >= 11 is 1.50. The van der Waals surface area contributed by atoms with Gasteiger partial charge >= 0.3 is 5.97 Å². The van der Waals surface area contributed by atoms with Crippen LogP contribution < -0.4 is 21.7 Å². The summed E-state index contributed by atoms with van der Waals surface area (Å²) in [5.41, 5.74) is 6.76. The largest absolute Gasteiger partial charge is 0.508 e. The summed E-state index contributed by atoms with van der Waals surface area (Å²) < 4.78 is 0. The van der Waals surface area contributed by atoms with Crippen LogP contribution in [-0.2, 0) is 25.6 Å². The third kappa shape index (κ3) is 9.60. The number of benzene rings is 1. The van der Waals surface area contributed by atoms with Crippen molar-refractivity contribution in [2.75, 3.05) is 12.0 Å². The van der Waals surface area contributed by atoms with Crippen LogP contribution in [0, 0.1) is 5.92 Å². The quantitative estimate of drug-likeness (QED) is 0.218. The van der Waals surface area contributed by atoms with Gasteiger partial charge in [-0.25, -0.2) is 4.79 Å². The van der Waals surface area contributed by atoms with Crippen molar-refractivity contribution in [2.45, 2.75) is 64.2 Å². The molecule has 3 amide bonds. The van der Waals surface area contributed by atoms with Crippen molar-refractivity contribution in [3.05, 3.63) is 29.8 Å². The molecule has 0 radical (unpaired) electrons. The molecule has 1 aromatic carbocycles. The minimum Gasteiger partial charge on any atom is -0.508 e. The van der Waals surface area contributed by atoms with Gasteiger partial charge in [0.05, 0.1) is 6.04 Å². The zero-order valence-corrected chi connectivity index (χ0v) is 20.9. The van der Waals surface area contributed by atoms with Gasteiger partial charge < -0.3 is 31.9 Å². The van der Waals surface area contributed by atoms with E-state index in [0.717, 1.165) is 5.56 Å². The van der Waals surface area contributed by atoms with Crippen LogP contribution >= 0.6 is 11.8 Å². The normalized spacial score (nSPS) is 15.3. The van der Waals surface area contributed by atoms with E-state index in [9.17, 15) is 29.4 Å². The SMILES string of the molecule is CCC(C)C(NC(=O)C(C)NC(=O)C(CCSC)NC(=O)C(N)Cc1ccc(O)cc1)C(=O)O. The number of aromatic hydroxyl groups is 1. The maximum absolute atomic E-state index is 12.8. The molecule has 0 aliphatic carbocycles. The number of amides is 3. The number of carboxylic acid groups (broad SMARTS) is 1. The van der Waals surface area contributed by atoms with Gasteiger partial charge in [-0.3, -0.25) is 14.4 Å². The summed E-state index contributed by atoms with van der Waals surface area (Å²) in [6.07, 6.45) is 2.97. The van der Waals surface area contributed by atoms with Crippen LogP contribution in [0.5, 0.6) is 5.75 Å². The fourth-order valence-corrected chi connectivity index (χ4v) is 3.57. The minimum atomic E-state index is -1.14. The highest BCUT2D eigenvalue weighted by atomic mass is 32.2. The van der Waals surface area contributed by atoms with Crippen LogP contribution in [0.3, 0.4) is 0 Å². The summed E-state index contributed by atoms with van der Waals surface area (Å²) in [5, 5.41) is 26.4. The van der Waals surface area contributed by atoms with Gasteiger partial charge in [-0.15, -0.1) is 0 Å². The fraction of sp³-hybridized carbons (Fsp3) is 0.565. The molecule has 7 N–H and O–H groups in total. The maximum atomic E-state index is 12.8. The number of carboxylic acids is 1. The molecule has 0 aliphatic rings. The lowest BCUT2D eigenvalue weighted by molar-refractivity contribution is -0.143. The first-order valence-electron chi connectivity index (χ1n) is 11.2. The third-order valence-corrected chi connectivity index (χ3v) is 6.15. The minimum absolute atomic E-state index is 0.104. The van der Waals surface area contributed by atoms with Gasteiger partial charge in [0.15, 0.2) is 0 Å². The van der Waals surface area contributed by atoms with Gasteiger partial charge in [-0.2, -0.15) is 11.8 Å². The Hall–Kier alpha value is -2.79. The van der Waals surface area contributed by atoms with Gasteiger partial charge in [0.25, 0.3) is 0 Å². The molecule has 190 valence electrons. The summed E-state index contributed by atoms with van der Waals surface area (Å²) in [6, 6.07) is 2.41. The van der Waals surface area contributed by atoms with E-state index < -0.39 is 47.9 Å². The Morgan fingerprint density at radius 3 is 2.15 bits per heavy atom. The first-order valence-corrected chi connectivity index (χ1v) is 12.6. The fourth-order valence-electron chi connectivity index (χ4n) is 3.10. The average Bonchev–Trinajstić information content (AvgIpc) is 2.80. The first-order chi connectivity index (χ1) is 16.0. The van der Waals surface area contributed by atoms with Crippen molar-refractivity contribution >= 4 is 35.5 Å². The Morgan fingerprint density at radius 1 is 1.00 bits per heavy atom. The number of nitrogens with one attached hydrogen (secondary N) is 3. The molecular formula is C23H36N4O6S. The molecule has 1 aromatic rings. The van der Waals surface area contributed by atoms with Crippen LogP contribution in [0.4, 0.5) is 0 Å². The van der Waals surface area contributed by atoms with Gasteiger partial charge in [-0.1, -0.05) is 32.4 Å². The Balaban J connectivity index is 2.77. The molecule has 0 heterocycles. The van der Waals surface area contributed by atoms with E-state index in [4.69, 9.17) is 5.73 Å². The average molecular weight is 497 g/mol. The van der Waals surface area contributed by atoms with Crippen molar-refractivity contribution in [1.82, 2.24) is 16.0 Å². The Kier molecular flexibility index (Phi) is 12.4. The Labute approximate surface area is 204 Å². The maximum Gasteiger partial charge on any atom is 0.326 e. The van der Waals surface area contributed by atoms with E-state index >= 15 is 0 Å². The van der Waals surface area contributed by atoms with Crippen LogP contribution in [0.1, 0.15) is 39.2 Å². The van der Waals surface area contributed by atoms with E-state index in [0.29, 0.717) is 18.6 Å². The lowest BCUT2D eigenvalue weighted by atomic mass is 9.99. The number of aliphatic carboxylic acids is 1. The molecule has 1 rings (SSSR count). The topological polar surface area (TPSA) is 171 Å². The van der Waals surface area contributed by atoms with Crippen molar-refractivity contribution < 1.29 is 29.4 Å². The summed E-state index contributed by atoms with van der Waals surface area (Å²) in [5.74, 6) is -2.44. The zero-order valence-electron chi connectivity index (χ0n) is 20.0. The Bertz CT molecular complexity index is 835. The molecule has 5 unspecified atom stereocenters. The van der Waals surface area contributed by atoms with Crippen LogP contribution in [0.25, 0.3) is 0 Å². The van der Waals surface area contributed by atoms with E-state index in [2.05, 4.69) is 16.0 Å². The number of rotatable bonds is 14. The zero-order chi connectivity index (χ0) is 25.8. The number of phenols is 1. The van der Waals surface area contributed by atoms with Crippen LogP contribution in [-0.4, -0.2) is 70.1 Å². The molecule has 0 fully saturated rings. The van der Waals surface area contributed by atoms with Crippen LogP contribution in [0.15, 0.2) is 24.3 Å². The number of thioether (sulfide) groups is 1. The highest BCUT2D eigenvalue weighted by Gasteiger charge is 2.30. The molecule has 0 aliphatic heterocycles. The van der Waals surface area contributed by atoms with E-state index in [1.165, 1.54) is 30.8 Å². The predicted octanol–water partition coefficient (Wildman–Crippen LogP) is 0.620. The molecule has 10 nitrogen and oxygen atoms in total. The molecular weight excluding hydrogens is 460 g/mol. The number of hydrogen-bond acceptors (Lipinski definition) is 7. The predicted molar refractivity (Wildman–Crippen MR) is 131 cm³/mol. The van der Waals surface area contributed by atoms with Crippen molar-refractivity contribution in [1.29, 1.82) is 0 Å². The van der Waals surface area contributed by atoms with Gasteiger partial charge in [0, 0.05) is 0 Å². The summed E-state index contributed by atoms with van der Waals surface area (Å²) in [7, 11) is 0. The third-order valence-electron chi connectivity index (χ3n) is 5.50. The Morgan fingerprint density at radius 2 is 1.62 bits per heavy atom. The molecule has 34 heavy (non-hydrogen) atoms. The van der Waals surface area contributed by atoms with Crippen molar-refractivity contribution in [3.63, 3.8) is 0 Å². The standard InChI is InChI=1S/C23H36N4O6S/c1-5-13(2)19(23(32)33)27-20(29)14(3)25-22(31)18(10-11-34-4)26-21(30)17(24)12-15-6-8-16(28)9-7-15/h6-9,13-14,17-19,28H,5,10-12,24H2,1-4H3,(H,25,31)(H,26,30)(H,27,29)(H,32,33). The van der Waals surface area contributed by atoms with Gasteiger partial charge in [0.1, 0.15) is 23.9 Å². The molecule has 11 heteroatoms. The lowest BCUT2D eigenvalue weighted by Crippen LogP contribution is -2.57. The lowest BCUT2D eigenvalue weighted by Gasteiger charge is -2.25. The second kappa shape index (κ2) is 14.5. The molecule has 0 saturated carbocycles. The monoisotopic (exact) mass is 496 g/mol. The molecule has 5 atom stereocenters.